The Balaban J connectivity index is 2.95. The van der Waals surface area contributed by atoms with Crippen molar-refractivity contribution in [2.24, 2.45) is 0 Å². The van der Waals surface area contributed by atoms with Gasteiger partial charge in [0, 0.05) is 21.0 Å². The van der Waals surface area contributed by atoms with E-state index in [4.69, 9.17) is 0 Å². The Kier molecular flexibility index (Phi) is 3.78. The summed E-state index contributed by atoms with van der Waals surface area (Å²) >= 11 is 2.93. The van der Waals surface area contributed by atoms with Gasteiger partial charge in [0.2, 0.25) is 0 Å². The third-order valence-electron chi connectivity index (χ3n) is 1.86. The minimum absolute atomic E-state index is 0.0355. The van der Waals surface area contributed by atoms with Gasteiger partial charge in [-0.2, -0.15) is 4.68 Å². The van der Waals surface area contributed by atoms with Crippen molar-refractivity contribution in [1.82, 2.24) is 14.8 Å². The molecule has 1 N–H and O–H groups in total. The molecule has 1 aromatic heterocycles. The molecule has 1 atom stereocenters. The van der Waals surface area contributed by atoms with E-state index in [1.165, 1.54) is 6.92 Å². The van der Waals surface area contributed by atoms with Gasteiger partial charge in [0.25, 0.3) is 4.73 Å². The van der Waals surface area contributed by atoms with Crippen molar-refractivity contribution in [3.8, 4) is 0 Å². The minimum atomic E-state index is -1.85. The van der Waals surface area contributed by atoms with E-state index in [1.54, 1.807) is 0 Å². The third-order valence-corrected chi connectivity index (χ3v) is 2.45. The molecule has 1 aromatic rings. The highest BCUT2D eigenvalue weighted by atomic mass is 79.9. The molecule has 0 saturated carbocycles. The third kappa shape index (κ3) is 2.97. The first kappa shape index (κ1) is 13.5. The van der Waals surface area contributed by atoms with Crippen LogP contribution in [0.4, 0.5) is 5.95 Å². The van der Waals surface area contributed by atoms with Gasteiger partial charge in [-0.15, -0.1) is 0 Å². The number of hydrogen-bond acceptors (Lipinski definition) is 7. The second-order valence-corrected chi connectivity index (χ2v) is 4.07. The number of esters is 1. The molecule has 1 heterocycles. The van der Waals surface area contributed by atoms with Gasteiger partial charge in [0.05, 0.1) is 13.7 Å². The van der Waals surface area contributed by atoms with Crippen LogP contribution < -0.4 is 0 Å². The summed E-state index contributed by atoms with van der Waals surface area (Å²) in [5.74, 6) is -1.50. The Hall–Kier alpha value is -1.55. The summed E-state index contributed by atoms with van der Waals surface area (Å²) in [6, 6.07) is 0. The van der Waals surface area contributed by atoms with Crippen LogP contribution in [0.5, 0.6) is 0 Å². The molecule has 0 radical (unpaired) electrons. The minimum Gasteiger partial charge on any atom is -0.467 e. The molecule has 9 nitrogen and oxygen atoms in total. The van der Waals surface area contributed by atoms with Crippen LogP contribution in [0.2, 0.25) is 0 Å². The maximum atomic E-state index is 11.2. The van der Waals surface area contributed by atoms with Gasteiger partial charge < -0.3 is 20.0 Å². The molecule has 0 spiro atoms. The Morgan fingerprint density at radius 2 is 2.35 bits per heavy atom. The summed E-state index contributed by atoms with van der Waals surface area (Å²) < 4.78 is 5.41. The molecule has 94 valence electrons. The van der Waals surface area contributed by atoms with E-state index in [0.29, 0.717) is 0 Å². The van der Waals surface area contributed by atoms with Crippen LogP contribution in [0.25, 0.3) is 0 Å². The summed E-state index contributed by atoms with van der Waals surface area (Å²) in [5.41, 5.74) is -1.85. The fourth-order valence-corrected chi connectivity index (χ4v) is 1.43. The molecule has 0 bridgehead atoms. The summed E-state index contributed by atoms with van der Waals surface area (Å²) in [6.07, 6.45) is 0. The van der Waals surface area contributed by atoms with Gasteiger partial charge in [-0.05, 0) is 16.8 Å². The van der Waals surface area contributed by atoms with Crippen molar-refractivity contribution in [1.29, 1.82) is 0 Å². The standard InChI is InChI=1S/C7H9BrN4O5/c1-7(14,4(13)17-2)3-11-5(8)9-6(10-11)12(15)16/h14H,3H2,1-2H3. The lowest BCUT2D eigenvalue weighted by Gasteiger charge is -2.18. The molecule has 0 amide bonds. The molecule has 17 heavy (non-hydrogen) atoms. The lowest BCUT2D eigenvalue weighted by molar-refractivity contribution is -0.394. The lowest BCUT2D eigenvalue weighted by Crippen LogP contribution is -2.40. The maximum absolute atomic E-state index is 11.2. The van der Waals surface area contributed by atoms with Crippen molar-refractivity contribution < 1.29 is 19.6 Å². The highest BCUT2D eigenvalue weighted by molar-refractivity contribution is 9.10. The van der Waals surface area contributed by atoms with E-state index in [0.717, 1.165) is 11.8 Å². The van der Waals surface area contributed by atoms with Crippen molar-refractivity contribution in [3.63, 3.8) is 0 Å². The van der Waals surface area contributed by atoms with E-state index >= 15 is 0 Å². The number of halogens is 1. The van der Waals surface area contributed by atoms with Gasteiger partial charge in [0.1, 0.15) is 0 Å². The Labute approximate surface area is 104 Å². The van der Waals surface area contributed by atoms with Crippen LogP contribution in [0, 0.1) is 10.1 Å². The molecule has 1 rings (SSSR count). The number of methoxy groups -OCH3 is 1. The number of nitro groups is 1. The van der Waals surface area contributed by atoms with E-state index in [2.05, 4.69) is 30.7 Å². The number of aliphatic hydroxyl groups is 1. The highest BCUT2D eigenvalue weighted by Crippen LogP contribution is 2.16. The summed E-state index contributed by atoms with van der Waals surface area (Å²) in [5, 5.41) is 23.7. The maximum Gasteiger partial charge on any atom is 0.492 e. The number of ether oxygens (including phenoxy) is 1. The summed E-state index contributed by atoms with van der Waals surface area (Å²) in [4.78, 5) is 24.3. The van der Waals surface area contributed by atoms with E-state index in [-0.39, 0.29) is 11.3 Å². The molecule has 0 aliphatic carbocycles. The van der Waals surface area contributed by atoms with Crippen LogP contribution in [0.3, 0.4) is 0 Å². The first-order chi connectivity index (χ1) is 7.77. The fourth-order valence-electron chi connectivity index (χ4n) is 1.07. The molecule has 0 aliphatic heterocycles. The van der Waals surface area contributed by atoms with Gasteiger partial charge in [-0.1, -0.05) is 0 Å². The average Bonchev–Trinajstić information content (AvgIpc) is 2.58. The summed E-state index contributed by atoms with van der Waals surface area (Å²) in [6.45, 7) is 0.889. The van der Waals surface area contributed by atoms with Gasteiger partial charge >= 0.3 is 11.9 Å². The van der Waals surface area contributed by atoms with Crippen LogP contribution in [0.1, 0.15) is 6.92 Å². The van der Waals surface area contributed by atoms with Crippen LogP contribution in [-0.4, -0.2) is 43.5 Å². The van der Waals surface area contributed by atoms with Crippen molar-refractivity contribution in [3.05, 3.63) is 14.8 Å². The zero-order chi connectivity index (χ0) is 13.2. The van der Waals surface area contributed by atoms with Crippen molar-refractivity contribution >= 4 is 27.8 Å². The molecule has 0 saturated heterocycles. The largest absolute Gasteiger partial charge is 0.492 e. The first-order valence-electron chi connectivity index (χ1n) is 4.33. The smallest absolute Gasteiger partial charge is 0.467 e. The number of nitrogens with zero attached hydrogens (tertiary/aromatic N) is 4. The molecular formula is C7H9BrN4O5. The Morgan fingerprint density at radius 1 is 1.76 bits per heavy atom. The number of aromatic nitrogens is 3. The quantitative estimate of drug-likeness (QED) is 0.467. The van der Waals surface area contributed by atoms with Crippen molar-refractivity contribution in [2.75, 3.05) is 7.11 Å². The second-order valence-electron chi connectivity index (χ2n) is 3.36. The van der Waals surface area contributed by atoms with Crippen LogP contribution in [-0.2, 0) is 16.1 Å². The Morgan fingerprint density at radius 3 is 2.76 bits per heavy atom. The molecular weight excluding hydrogens is 300 g/mol. The number of carbonyl (C=O) groups is 1. The van der Waals surface area contributed by atoms with E-state index in [1.807, 2.05) is 0 Å². The van der Waals surface area contributed by atoms with Gasteiger partial charge in [-0.3, -0.25) is 0 Å². The van der Waals surface area contributed by atoms with E-state index in [9.17, 15) is 20.0 Å². The predicted octanol–water partition coefficient (Wildman–Crippen LogP) is -0.127. The zero-order valence-electron chi connectivity index (χ0n) is 8.95. The molecule has 0 fully saturated rings. The zero-order valence-corrected chi connectivity index (χ0v) is 10.5. The highest BCUT2D eigenvalue weighted by Gasteiger charge is 2.35. The van der Waals surface area contributed by atoms with Gasteiger partial charge in [0.15, 0.2) is 5.60 Å². The van der Waals surface area contributed by atoms with Crippen LogP contribution >= 0.6 is 15.9 Å². The second kappa shape index (κ2) is 4.75. The van der Waals surface area contributed by atoms with E-state index < -0.39 is 22.4 Å². The number of carbonyl (C=O) groups excluding carboxylic acids is 1. The predicted molar refractivity (Wildman–Crippen MR) is 57.0 cm³/mol. The molecule has 0 aliphatic rings. The van der Waals surface area contributed by atoms with Crippen molar-refractivity contribution in [2.45, 2.75) is 19.1 Å². The number of hydrogen-bond donors (Lipinski definition) is 1. The van der Waals surface area contributed by atoms with Crippen LogP contribution in [0.15, 0.2) is 4.73 Å². The first-order valence-corrected chi connectivity index (χ1v) is 5.13. The average molecular weight is 309 g/mol. The molecule has 0 aromatic carbocycles. The summed E-state index contributed by atoms with van der Waals surface area (Å²) in [7, 11) is 1.12. The van der Waals surface area contributed by atoms with Gasteiger partial charge in [-0.25, -0.2) is 4.79 Å². The molecule has 10 heteroatoms. The topological polar surface area (TPSA) is 120 Å². The molecule has 1 unspecified atom stereocenters. The Bertz CT molecular complexity index is 457. The monoisotopic (exact) mass is 308 g/mol. The number of rotatable bonds is 4. The SMILES string of the molecule is COC(=O)C(C)(O)Cn1nc([N+](=O)[O-])nc1Br. The lowest BCUT2D eigenvalue weighted by atomic mass is 10.1. The normalized spacial score (nSPS) is 14.1. The fraction of sp³-hybridized carbons (Fsp3) is 0.571.